The van der Waals surface area contributed by atoms with Crippen LogP contribution in [0.15, 0.2) is 24.3 Å². The number of hydrogen-bond donors (Lipinski definition) is 0. The van der Waals surface area contributed by atoms with Crippen LogP contribution in [0.25, 0.3) is 0 Å². The van der Waals surface area contributed by atoms with Gasteiger partial charge < -0.3 is 0 Å². The minimum absolute atomic E-state index is 0.00685. The van der Waals surface area contributed by atoms with Gasteiger partial charge in [0.25, 0.3) is 5.69 Å². The summed E-state index contributed by atoms with van der Waals surface area (Å²) in [6.45, 7) is 2.82. The van der Waals surface area contributed by atoms with E-state index in [1.807, 2.05) is 11.9 Å². The van der Waals surface area contributed by atoms with Gasteiger partial charge in [-0.1, -0.05) is 25.5 Å². The standard InChI is InChI=1S/C13H17N3O2/c1-3-4-9-15(2)13(10-14)11-7-5-6-8-12(11)16(17)18/h5-8,13H,3-4,9H2,1-2H3. The van der Waals surface area contributed by atoms with E-state index in [1.165, 1.54) is 6.07 Å². The summed E-state index contributed by atoms with van der Waals surface area (Å²) in [6, 6.07) is 7.99. The fourth-order valence-corrected chi connectivity index (χ4v) is 1.83. The Hall–Kier alpha value is -1.93. The van der Waals surface area contributed by atoms with Gasteiger partial charge in [0.1, 0.15) is 6.04 Å². The molecule has 0 radical (unpaired) electrons. The predicted octanol–water partition coefficient (Wildman–Crippen LogP) is 2.89. The minimum atomic E-state index is -0.571. The zero-order valence-corrected chi connectivity index (χ0v) is 10.7. The van der Waals surface area contributed by atoms with Gasteiger partial charge in [0.05, 0.1) is 16.6 Å². The Morgan fingerprint density at radius 3 is 2.72 bits per heavy atom. The van der Waals surface area contributed by atoms with Gasteiger partial charge in [-0.15, -0.1) is 0 Å². The van der Waals surface area contributed by atoms with E-state index in [2.05, 4.69) is 13.0 Å². The van der Waals surface area contributed by atoms with E-state index in [0.29, 0.717) is 5.56 Å². The molecule has 0 bridgehead atoms. The molecule has 1 atom stereocenters. The maximum atomic E-state index is 11.0. The molecule has 0 aliphatic rings. The van der Waals surface area contributed by atoms with E-state index in [9.17, 15) is 15.4 Å². The smallest absolute Gasteiger partial charge is 0.275 e. The van der Waals surface area contributed by atoms with E-state index >= 15 is 0 Å². The van der Waals surface area contributed by atoms with E-state index in [-0.39, 0.29) is 5.69 Å². The summed E-state index contributed by atoms with van der Waals surface area (Å²) in [5.74, 6) is 0. The van der Waals surface area contributed by atoms with Gasteiger partial charge in [-0.2, -0.15) is 5.26 Å². The molecule has 5 nitrogen and oxygen atoms in total. The largest absolute Gasteiger partial charge is 0.287 e. The molecule has 0 spiro atoms. The number of nitrogens with zero attached hydrogens (tertiary/aromatic N) is 3. The first-order valence-corrected chi connectivity index (χ1v) is 5.95. The first-order chi connectivity index (χ1) is 8.61. The van der Waals surface area contributed by atoms with Crippen molar-refractivity contribution in [3.63, 3.8) is 0 Å². The van der Waals surface area contributed by atoms with E-state index in [0.717, 1.165) is 19.4 Å². The summed E-state index contributed by atoms with van der Waals surface area (Å²) < 4.78 is 0. The molecule has 0 saturated carbocycles. The van der Waals surface area contributed by atoms with E-state index in [4.69, 9.17) is 0 Å². The molecular weight excluding hydrogens is 230 g/mol. The Morgan fingerprint density at radius 1 is 1.50 bits per heavy atom. The first kappa shape index (κ1) is 14.1. The third-order valence-electron chi connectivity index (χ3n) is 2.86. The molecule has 1 unspecified atom stereocenters. The highest BCUT2D eigenvalue weighted by Crippen LogP contribution is 2.28. The number of nitro benzene ring substituents is 1. The third-order valence-corrected chi connectivity index (χ3v) is 2.86. The molecule has 0 fully saturated rings. The van der Waals surface area contributed by atoms with Crippen LogP contribution >= 0.6 is 0 Å². The van der Waals surface area contributed by atoms with Crippen molar-refractivity contribution in [3.05, 3.63) is 39.9 Å². The first-order valence-electron chi connectivity index (χ1n) is 5.95. The zero-order chi connectivity index (χ0) is 13.5. The lowest BCUT2D eigenvalue weighted by Gasteiger charge is -2.22. The number of rotatable bonds is 6. The Morgan fingerprint density at radius 2 is 2.17 bits per heavy atom. The van der Waals surface area contributed by atoms with Crippen molar-refractivity contribution in [1.29, 1.82) is 5.26 Å². The number of benzene rings is 1. The maximum Gasteiger partial charge on any atom is 0.275 e. The molecule has 1 aromatic carbocycles. The molecule has 1 rings (SSSR count). The molecule has 1 aromatic rings. The lowest BCUT2D eigenvalue weighted by Crippen LogP contribution is -2.25. The average molecular weight is 247 g/mol. The summed E-state index contributed by atoms with van der Waals surface area (Å²) in [4.78, 5) is 12.4. The highest BCUT2D eigenvalue weighted by Gasteiger charge is 2.24. The second-order valence-electron chi connectivity index (χ2n) is 4.18. The van der Waals surface area contributed by atoms with Crippen LogP contribution < -0.4 is 0 Å². The van der Waals surface area contributed by atoms with Crippen molar-refractivity contribution in [3.8, 4) is 6.07 Å². The third kappa shape index (κ3) is 3.28. The number of unbranched alkanes of at least 4 members (excludes halogenated alkanes) is 1. The molecule has 18 heavy (non-hydrogen) atoms. The van der Waals surface area contributed by atoms with Crippen LogP contribution in [0.1, 0.15) is 31.4 Å². The molecule has 0 aliphatic heterocycles. The lowest BCUT2D eigenvalue weighted by atomic mass is 10.0. The van der Waals surface area contributed by atoms with Crippen molar-refractivity contribution in [1.82, 2.24) is 4.90 Å². The van der Waals surface area contributed by atoms with Gasteiger partial charge in [0, 0.05) is 6.07 Å². The minimum Gasteiger partial charge on any atom is -0.287 e. The summed E-state index contributed by atoms with van der Waals surface area (Å²) in [7, 11) is 1.82. The van der Waals surface area contributed by atoms with Gasteiger partial charge in [-0.25, -0.2) is 0 Å². The molecule has 0 saturated heterocycles. The molecule has 0 heterocycles. The zero-order valence-electron chi connectivity index (χ0n) is 10.7. The summed E-state index contributed by atoms with van der Waals surface area (Å²) in [6.07, 6.45) is 1.99. The molecule has 96 valence electrons. The van der Waals surface area contributed by atoms with Crippen molar-refractivity contribution in [2.75, 3.05) is 13.6 Å². The SMILES string of the molecule is CCCCN(C)C(C#N)c1ccccc1[N+](=O)[O-]. The second kappa shape index (κ2) is 6.72. The average Bonchev–Trinajstić information content (AvgIpc) is 2.37. The van der Waals surface area contributed by atoms with E-state index in [1.54, 1.807) is 18.2 Å². The maximum absolute atomic E-state index is 11.0. The molecule has 5 heteroatoms. The fourth-order valence-electron chi connectivity index (χ4n) is 1.83. The van der Waals surface area contributed by atoms with Crippen LogP contribution in [0.3, 0.4) is 0 Å². The highest BCUT2D eigenvalue weighted by atomic mass is 16.6. The van der Waals surface area contributed by atoms with E-state index < -0.39 is 11.0 Å². The van der Waals surface area contributed by atoms with Gasteiger partial charge in [0.2, 0.25) is 0 Å². The Labute approximate surface area is 107 Å². The topological polar surface area (TPSA) is 70.2 Å². The number of nitro groups is 1. The number of para-hydroxylation sites is 1. The van der Waals surface area contributed by atoms with Crippen molar-refractivity contribution >= 4 is 5.69 Å². The van der Waals surface area contributed by atoms with Crippen LogP contribution in [-0.4, -0.2) is 23.4 Å². The normalized spacial score (nSPS) is 12.1. The highest BCUT2D eigenvalue weighted by molar-refractivity contribution is 5.44. The van der Waals surface area contributed by atoms with Crippen LogP contribution in [-0.2, 0) is 0 Å². The number of nitriles is 1. The van der Waals surface area contributed by atoms with Gasteiger partial charge >= 0.3 is 0 Å². The number of hydrogen-bond acceptors (Lipinski definition) is 4. The van der Waals surface area contributed by atoms with Crippen LogP contribution in [0.2, 0.25) is 0 Å². The molecule has 0 amide bonds. The lowest BCUT2D eigenvalue weighted by molar-refractivity contribution is -0.385. The molecule has 0 aromatic heterocycles. The van der Waals surface area contributed by atoms with Crippen LogP contribution in [0.5, 0.6) is 0 Å². The summed E-state index contributed by atoms with van der Waals surface area (Å²) >= 11 is 0. The monoisotopic (exact) mass is 247 g/mol. The predicted molar refractivity (Wildman–Crippen MR) is 69.0 cm³/mol. The Bertz CT molecular complexity index is 454. The second-order valence-corrected chi connectivity index (χ2v) is 4.18. The van der Waals surface area contributed by atoms with Gasteiger partial charge in [0.15, 0.2) is 0 Å². The van der Waals surface area contributed by atoms with Crippen molar-refractivity contribution < 1.29 is 4.92 Å². The molecular formula is C13H17N3O2. The molecule has 0 N–H and O–H groups in total. The summed E-state index contributed by atoms with van der Waals surface area (Å²) in [5, 5.41) is 20.2. The van der Waals surface area contributed by atoms with Crippen molar-refractivity contribution in [2.24, 2.45) is 0 Å². The molecule has 0 aliphatic carbocycles. The summed E-state index contributed by atoms with van der Waals surface area (Å²) in [5.41, 5.74) is 0.469. The van der Waals surface area contributed by atoms with Gasteiger partial charge in [-0.05, 0) is 26.1 Å². The van der Waals surface area contributed by atoms with Crippen molar-refractivity contribution in [2.45, 2.75) is 25.8 Å². The fraction of sp³-hybridized carbons (Fsp3) is 0.462. The quantitative estimate of drug-likeness (QED) is 0.572. The van der Waals surface area contributed by atoms with Crippen LogP contribution in [0, 0.1) is 21.4 Å². The van der Waals surface area contributed by atoms with Gasteiger partial charge in [-0.3, -0.25) is 15.0 Å². The Balaban J connectivity index is 3.02. The Kier molecular flexibility index (Phi) is 5.28. The van der Waals surface area contributed by atoms with Crippen LogP contribution in [0.4, 0.5) is 5.69 Å².